The Labute approximate surface area is 123 Å². The summed E-state index contributed by atoms with van der Waals surface area (Å²) in [4.78, 5) is 6.89. The van der Waals surface area contributed by atoms with Gasteiger partial charge in [0.25, 0.3) is 0 Å². The number of rotatable bonds is 5. The van der Waals surface area contributed by atoms with E-state index in [0.29, 0.717) is 0 Å². The van der Waals surface area contributed by atoms with E-state index in [1.54, 1.807) is 0 Å². The molecule has 0 amide bonds. The van der Waals surface area contributed by atoms with Crippen LogP contribution in [0.1, 0.15) is 24.5 Å². The number of benzene rings is 1. The number of nitrogens with zero attached hydrogens (tertiary/aromatic N) is 2. The SMILES string of the molecule is CCCN(Cc1ccccc1)c1ncc(C)cc1Br. The third kappa shape index (κ3) is 3.80. The van der Waals surface area contributed by atoms with Gasteiger partial charge in [-0.1, -0.05) is 37.3 Å². The number of hydrogen-bond acceptors (Lipinski definition) is 2. The van der Waals surface area contributed by atoms with Crippen LogP contribution in [0, 0.1) is 6.92 Å². The number of anilines is 1. The van der Waals surface area contributed by atoms with Crippen LogP contribution in [-0.4, -0.2) is 11.5 Å². The van der Waals surface area contributed by atoms with Gasteiger partial charge in [0.05, 0.1) is 4.47 Å². The normalized spacial score (nSPS) is 10.5. The lowest BCUT2D eigenvalue weighted by atomic mass is 10.2. The highest BCUT2D eigenvalue weighted by atomic mass is 79.9. The molecule has 3 heteroatoms. The predicted octanol–water partition coefficient (Wildman–Crippen LogP) is 4.57. The molecule has 0 spiro atoms. The molecule has 0 atom stereocenters. The van der Waals surface area contributed by atoms with Gasteiger partial charge in [-0.3, -0.25) is 0 Å². The Morgan fingerprint density at radius 3 is 2.58 bits per heavy atom. The first-order valence-corrected chi connectivity index (χ1v) is 7.41. The Morgan fingerprint density at radius 1 is 1.21 bits per heavy atom. The highest BCUT2D eigenvalue weighted by molar-refractivity contribution is 9.10. The van der Waals surface area contributed by atoms with Gasteiger partial charge >= 0.3 is 0 Å². The van der Waals surface area contributed by atoms with Gasteiger partial charge in [0, 0.05) is 19.3 Å². The Bertz CT molecular complexity index is 526. The number of hydrogen-bond donors (Lipinski definition) is 0. The van der Waals surface area contributed by atoms with Crippen molar-refractivity contribution in [2.75, 3.05) is 11.4 Å². The molecule has 1 aromatic heterocycles. The van der Waals surface area contributed by atoms with Crippen molar-refractivity contribution < 1.29 is 0 Å². The molecule has 2 rings (SSSR count). The fourth-order valence-electron chi connectivity index (χ4n) is 2.09. The van der Waals surface area contributed by atoms with Crippen molar-refractivity contribution in [2.24, 2.45) is 0 Å². The van der Waals surface area contributed by atoms with Crippen molar-refractivity contribution in [3.05, 3.63) is 58.2 Å². The van der Waals surface area contributed by atoms with E-state index in [9.17, 15) is 0 Å². The summed E-state index contributed by atoms with van der Waals surface area (Å²) in [5.74, 6) is 1.02. The first-order chi connectivity index (χ1) is 9.20. The third-order valence-corrected chi connectivity index (χ3v) is 3.55. The number of aromatic nitrogens is 1. The first-order valence-electron chi connectivity index (χ1n) is 6.61. The van der Waals surface area contributed by atoms with Crippen LogP contribution in [0.2, 0.25) is 0 Å². The van der Waals surface area contributed by atoms with Crippen molar-refractivity contribution >= 4 is 21.7 Å². The quantitative estimate of drug-likeness (QED) is 0.802. The van der Waals surface area contributed by atoms with Crippen LogP contribution in [0.15, 0.2) is 47.1 Å². The van der Waals surface area contributed by atoms with Crippen molar-refractivity contribution in [2.45, 2.75) is 26.8 Å². The lowest BCUT2D eigenvalue weighted by Crippen LogP contribution is -2.24. The van der Waals surface area contributed by atoms with Gasteiger partial charge in [0.1, 0.15) is 5.82 Å². The van der Waals surface area contributed by atoms with Crippen LogP contribution in [0.5, 0.6) is 0 Å². The van der Waals surface area contributed by atoms with E-state index in [1.165, 1.54) is 11.1 Å². The van der Waals surface area contributed by atoms with E-state index in [-0.39, 0.29) is 0 Å². The van der Waals surface area contributed by atoms with Crippen molar-refractivity contribution in [1.82, 2.24) is 4.98 Å². The van der Waals surface area contributed by atoms with Crippen molar-refractivity contribution in [1.29, 1.82) is 0 Å². The van der Waals surface area contributed by atoms with E-state index >= 15 is 0 Å². The Morgan fingerprint density at radius 2 is 1.95 bits per heavy atom. The topological polar surface area (TPSA) is 16.1 Å². The van der Waals surface area contributed by atoms with E-state index in [0.717, 1.165) is 29.8 Å². The van der Waals surface area contributed by atoms with Crippen molar-refractivity contribution in [3.8, 4) is 0 Å². The standard InChI is InChI=1S/C16H19BrN2/c1-3-9-19(12-14-7-5-4-6-8-14)16-15(17)10-13(2)11-18-16/h4-8,10-11H,3,9,12H2,1-2H3. The number of halogens is 1. The number of pyridine rings is 1. The average molecular weight is 319 g/mol. The van der Waals surface area contributed by atoms with Gasteiger partial charge < -0.3 is 4.90 Å². The zero-order valence-electron chi connectivity index (χ0n) is 11.4. The smallest absolute Gasteiger partial charge is 0.143 e. The highest BCUT2D eigenvalue weighted by Gasteiger charge is 2.11. The zero-order chi connectivity index (χ0) is 13.7. The van der Waals surface area contributed by atoms with E-state index < -0.39 is 0 Å². The molecule has 0 aliphatic carbocycles. The summed E-state index contributed by atoms with van der Waals surface area (Å²) in [6.45, 7) is 6.15. The van der Waals surface area contributed by atoms with E-state index in [4.69, 9.17) is 0 Å². The lowest BCUT2D eigenvalue weighted by molar-refractivity contribution is 0.752. The summed E-state index contributed by atoms with van der Waals surface area (Å²) in [6.07, 6.45) is 3.03. The maximum Gasteiger partial charge on any atom is 0.143 e. The summed E-state index contributed by atoms with van der Waals surface area (Å²) in [5.41, 5.74) is 2.48. The fourth-order valence-corrected chi connectivity index (χ4v) is 2.81. The molecule has 0 bridgehead atoms. The summed E-state index contributed by atoms with van der Waals surface area (Å²) < 4.78 is 1.07. The minimum absolute atomic E-state index is 0.892. The van der Waals surface area contributed by atoms with Gasteiger partial charge in [-0.25, -0.2) is 4.98 Å². The molecule has 19 heavy (non-hydrogen) atoms. The summed E-state index contributed by atoms with van der Waals surface area (Å²) in [5, 5.41) is 0. The maximum atomic E-state index is 4.57. The third-order valence-electron chi connectivity index (χ3n) is 2.97. The molecular weight excluding hydrogens is 300 g/mol. The molecule has 0 saturated heterocycles. The van der Waals surface area contributed by atoms with Gasteiger partial charge in [0.15, 0.2) is 0 Å². The molecular formula is C16H19BrN2. The number of aryl methyl sites for hydroxylation is 1. The Hall–Kier alpha value is -1.35. The fraction of sp³-hybridized carbons (Fsp3) is 0.312. The molecule has 2 nitrogen and oxygen atoms in total. The van der Waals surface area contributed by atoms with Crippen LogP contribution in [-0.2, 0) is 6.54 Å². The molecule has 0 aliphatic rings. The van der Waals surface area contributed by atoms with Crippen LogP contribution in [0.4, 0.5) is 5.82 Å². The first kappa shape index (κ1) is 14.1. The van der Waals surface area contributed by atoms with Crippen molar-refractivity contribution in [3.63, 3.8) is 0 Å². The van der Waals surface area contributed by atoms with Gasteiger partial charge in [-0.2, -0.15) is 0 Å². The van der Waals surface area contributed by atoms with Crippen LogP contribution in [0.25, 0.3) is 0 Å². The van der Waals surface area contributed by atoms with Gasteiger partial charge in [0.2, 0.25) is 0 Å². The van der Waals surface area contributed by atoms with E-state index in [2.05, 4.69) is 70.0 Å². The van der Waals surface area contributed by atoms with Gasteiger partial charge in [-0.05, 0) is 46.5 Å². The largest absolute Gasteiger partial charge is 0.351 e. The summed E-state index contributed by atoms with van der Waals surface area (Å²) >= 11 is 3.63. The van der Waals surface area contributed by atoms with Crippen LogP contribution < -0.4 is 4.90 Å². The summed E-state index contributed by atoms with van der Waals surface area (Å²) in [6, 6.07) is 12.6. The molecule has 1 aromatic carbocycles. The molecule has 0 radical (unpaired) electrons. The molecule has 1 heterocycles. The predicted molar refractivity (Wildman–Crippen MR) is 84.5 cm³/mol. The molecule has 100 valence electrons. The average Bonchev–Trinajstić information content (AvgIpc) is 2.39. The minimum Gasteiger partial charge on any atom is -0.351 e. The van der Waals surface area contributed by atoms with Gasteiger partial charge in [-0.15, -0.1) is 0 Å². The molecule has 2 aromatic rings. The Kier molecular flexibility index (Phi) is 4.97. The molecule has 0 fully saturated rings. The zero-order valence-corrected chi connectivity index (χ0v) is 13.0. The van der Waals surface area contributed by atoms with E-state index in [1.807, 2.05) is 12.3 Å². The molecule has 0 N–H and O–H groups in total. The summed E-state index contributed by atoms with van der Waals surface area (Å²) in [7, 11) is 0. The maximum absolute atomic E-state index is 4.57. The second-order valence-electron chi connectivity index (χ2n) is 4.73. The monoisotopic (exact) mass is 318 g/mol. The molecule has 0 aliphatic heterocycles. The minimum atomic E-state index is 0.892. The lowest BCUT2D eigenvalue weighted by Gasteiger charge is -2.24. The molecule has 0 unspecified atom stereocenters. The second kappa shape index (κ2) is 6.71. The highest BCUT2D eigenvalue weighted by Crippen LogP contribution is 2.26. The second-order valence-corrected chi connectivity index (χ2v) is 5.58. The Balaban J connectivity index is 2.24. The van der Waals surface area contributed by atoms with Crippen LogP contribution >= 0.6 is 15.9 Å². The molecule has 0 saturated carbocycles. The van der Waals surface area contributed by atoms with Crippen LogP contribution in [0.3, 0.4) is 0 Å².